The van der Waals surface area contributed by atoms with Crippen LogP contribution in [0.3, 0.4) is 0 Å². The molecule has 1 atom stereocenters. The Labute approximate surface area is 96.7 Å². The summed E-state index contributed by atoms with van der Waals surface area (Å²) in [6.07, 6.45) is 1.52. The molecular weight excluding hydrogens is 260 g/mol. The van der Waals surface area contributed by atoms with Gasteiger partial charge in [0.25, 0.3) is 5.91 Å². The predicted molar refractivity (Wildman–Crippen MR) is 59.8 cm³/mol. The second kappa shape index (κ2) is 4.37. The lowest BCUT2D eigenvalue weighted by Crippen LogP contribution is -2.51. The molecule has 1 saturated heterocycles. The van der Waals surface area contributed by atoms with Gasteiger partial charge in [0.1, 0.15) is 0 Å². The number of nitrogens with zero attached hydrogens (tertiary/aromatic N) is 1. The monoisotopic (exact) mass is 272 g/mol. The van der Waals surface area contributed by atoms with Gasteiger partial charge in [-0.05, 0) is 28.9 Å². The highest BCUT2D eigenvalue weighted by molar-refractivity contribution is 9.10. The summed E-state index contributed by atoms with van der Waals surface area (Å²) in [5.74, 6) is 0.0315. The van der Waals surface area contributed by atoms with Crippen LogP contribution < -0.4 is 5.32 Å². The van der Waals surface area contributed by atoms with Gasteiger partial charge in [-0.15, -0.1) is 0 Å². The van der Waals surface area contributed by atoms with Crippen molar-refractivity contribution >= 4 is 21.8 Å². The third-order valence-electron chi connectivity index (χ3n) is 2.50. The fourth-order valence-electron chi connectivity index (χ4n) is 1.73. The molecule has 0 aromatic carbocycles. The third-order valence-corrected chi connectivity index (χ3v) is 3.12. The van der Waals surface area contributed by atoms with Gasteiger partial charge in [0, 0.05) is 25.7 Å². The standard InChI is InChI=1S/C10H13BrN2O2/c1-7-6-13(4-3-12-7)10(14)8-2-5-15-9(8)11/h2,5,7,12H,3-4,6H2,1H3/t7-/m0/s1. The highest BCUT2D eigenvalue weighted by atomic mass is 79.9. The van der Waals surface area contributed by atoms with Gasteiger partial charge in [-0.1, -0.05) is 0 Å². The predicted octanol–water partition coefficient (Wildman–Crippen LogP) is 1.48. The summed E-state index contributed by atoms with van der Waals surface area (Å²) >= 11 is 3.22. The van der Waals surface area contributed by atoms with Crippen molar-refractivity contribution in [3.63, 3.8) is 0 Å². The Bertz CT molecular complexity index is 364. The van der Waals surface area contributed by atoms with Crippen molar-refractivity contribution in [3.8, 4) is 0 Å². The van der Waals surface area contributed by atoms with Crippen molar-refractivity contribution < 1.29 is 9.21 Å². The normalized spacial score (nSPS) is 21.7. The number of rotatable bonds is 1. The van der Waals surface area contributed by atoms with Crippen molar-refractivity contribution in [3.05, 3.63) is 22.6 Å². The molecule has 1 fully saturated rings. The SMILES string of the molecule is C[C@H]1CN(C(=O)c2ccoc2Br)CCN1. The van der Waals surface area contributed by atoms with Crippen LogP contribution in [0.4, 0.5) is 0 Å². The summed E-state index contributed by atoms with van der Waals surface area (Å²) in [6, 6.07) is 2.05. The van der Waals surface area contributed by atoms with Gasteiger partial charge >= 0.3 is 0 Å². The molecule has 1 aromatic heterocycles. The highest BCUT2D eigenvalue weighted by Gasteiger charge is 2.23. The molecule has 1 amide bonds. The number of halogens is 1. The van der Waals surface area contributed by atoms with Crippen molar-refractivity contribution in [1.82, 2.24) is 10.2 Å². The van der Waals surface area contributed by atoms with Crippen molar-refractivity contribution in [2.75, 3.05) is 19.6 Å². The molecule has 5 heteroatoms. The van der Waals surface area contributed by atoms with E-state index in [4.69, 9.17) is 4.42 Å². The van der Waals surface area contributed by atoms with Crippen LogP contribution in [0.15, 0.2) is 21.4 Å². The van der Waals surface area contributed by atoms with Gasteiger partial charge in [-0.25, -0.2) is 0 Å². The molecule has 2 heterocycles. The minimum Gasteiger partial charge on any atom is -0.457 e. The van der Waals surface area contributed by atoms with Gasteiger partial charge in [0.05, 0.1) is 11.8 Å². The fourth-order valence-corrected chi connectivity index (χ4v) is 2.14. The Morgan fingerprint density at radius 1 is 1.73 bits per heavy atom. The Kier molecular flexibility index (Phi) is 3.11. The van der Waals surface area contributed by atoms with E-state index in [-0.39, 0.29) is 5.91 Å². The largest absolute Gasteiger partial charge is 0.457 e. The van der Waals surface area contributed by atoms with Gasteiger partial charge < -0.3 is 14.6 Å². The minimum atomic E-state index is 0.0315. The molecule has 0 bridgehead atoms. The lowest BCUT2D eigenvalue weighted by molar-refractivity contribution is 0.0707. The zero-order valence-electron chi connectivity index (χ0n) is 8.50. The third kappa shape index (κ3) is 2.23. The maximum atomic E-state index is 12.0. The van der Waals surface area contributed by atoms with E-state index in [0.29, 0.717) is 16.3 Å². The fraction of sp³-hybridized carbons (Fsp3) is 0.500. The molecule has 1 aromatic rings. The van der Waals surface area contributed by atoms with Crippen LogP contribution in [0.25, 0.3) is 0 Å². The van der Waals surface area contributed by atoms with Gasteiger partial charge in [0.15, 0.2) is 4.67 Å². The number of furan rings is 1. The van der Waals surface area contributed by atoms with Crippen LogP contribution in [0, 0.1) is 0 Å². The first kappa shape index (κ1) is 10.7. The Hall–Kier alpha value is -0.810. The van der Waals surface area contributed by atoms with Crippen molar-refractivity contribution in [2.45, 2.75) is 13.0 Å². The average molecular weight is 273 g/mol. The Morgan fingerprint density at radius 3 is 3.13 bits per heavy atom. The highest BCUT2D eigenvalue weighted by Crippen LogP contribution is 2.19. The lowest BCUT2D eigenvalue weighted by Gasteiger charge is -2.31. The average Bonchev–Trinajstić information content (AvgIpc) is 2.63. The van der Waals surface area contributed by atoms with E-state index in [1.165, 1.54) is 6.26 Å². The second-order valence-corrected chi connectivity index (χ2v) is 4.43. The molecule has 15 heavy (non-hydrogen) atoms. The van der Waals surface area contributed by atoms with Gasteiger partial charge in [0.2, 0.25) is 0 Å². The number of carbonyl (C=O) groups excluding carboxylic acids is 1. The van der Waals surface area contributed by atoms with Gasteiger partial charge in [-0.2, -0.15) is 0 Å². The molecule has 4 nitrogen and oxygen atoms in total. The molecule has 0 radical (unpaired) electrons. The van der Waals surface area contributed by atoms with Crippen molar-refractivity contribution in [1.29, 1.82) is 0 Å². The van der Waals surface area contributed by atoms with Crippen LogP contribution in [0.5, 0.6) is 0 Å². The molecule has 82 valence electrons. The number of carbonyl (C=O) groups is 1. The Balaban J connectivity index is 2.11. The Morgan fingerprint density at radius 2 is 2.53 bits per heavy atom. The van der Waals surface area contributed by atoms with Crippen LogP contribution in [-0.4, -0.2) is 36.5 Å². The van der Waals surface area contributed by atoms with E-state index in [9.17, 15) is 4.79 Å². The van der Waals surface area contributed by atoms with Gasteiger partial charge in [-0.3, -0.25) is 4.79 Å². The molecule has 0 unspecified atom stereocenters. The summed E-state index contributed by atoms with van der Waals surface area (Å²) in [5, 5.41) is 3.30. The molecule has 0 spiro atoms. The van der Waals surface area contributed by atoms with E-state index >= 15 is 0 Å². The number of amides is 1. The topological polar surface area (TPSA) is 45.5 Å². The molecular formula is C10H13BrN2O2. The zero-order chi connectivity index (χ0) is 10.8. The molecule has 2 rings (SSSR count). The summed E-state index contributed by atoms with van der Waals surface area (Å²) in [7, 11) is 0. The molecule has 1 aliphatic rings. The maximum Gasteiger partial charge on any atom is 0.258 e. The van der Waals surface area contributed by atoms with Crippen LogP contribution in [-0.2, 0) is 0 Å². The first-order valence-corrected chi connectivity index (χ1v) is 5.73. The minimum absolute atomic E-state index is 0.0315. The summed E-state index contributed by atoms with van der Waals surface area (Å²) in [5.41, 5.74) is 0.601. The van der Waals surface area contributed by atoms with Crippen LogP contribution in [0.2, 0.25) is 0 Å². The molecule has 1 aliphatic heterocycles. The lowest BCUT2D eigenvalue weighted by atomic mass is 10.2. The van der Waals surface area contributed by atoms with E-state index in [0.717, 1.165) is 19.6 Å². The summed E-state index contributed by atoms with van der Waals surface area (Å²) in [6.45, 7) is 4.42. The number of hydrogen-bond acceptors (Lipinski definition) is 3. The first-order chi connectivity index (χ1) is 7.18. The smallest absolute Gasteiger partial charge is 0.258 e. The van der Waals surface area contributed by atoms with E-state index in [1.54, 1.807) is 6.07 Å². The number of nitrogens with one attached hydrogen (secondary N) is 1. The molecule has 0 aliphatic carbocycles. The molecule has 0 saturated carbocycles. The van der Waals surface area contributed by atoms with E-state index in [2.05, 4.69) is 28.2 Å². The summed E-state index contributed by atoms with van der Waals surface area (Å²) in [4.78, 5) is 13.9. The van der Waals surface area contributed by atoms with Crippen molar-refractivity contribution in [2.24, 2.45) is 0 Å². The second-order valence-electron chi connectivity index (χ2n) is 3.71. The summed E-state index contributed by atoms with van der Waals surface area (Å²) < 4.78 is 5.57. The zero-order valence-corrected chi connectivity index (χ0v) is 10.1. The first-order valence-electron chi connectivity index (χ1n) is 4.94. The maximum absolute atomic E-state index is 12.0. The quantitative estimate of drug-likeness (QED) is 0.843. The molecule has 1 N–H and O–H groups in total. The number of hydrogen-bond donors (Lipinski definition) is 1. The van der Waals surface area contributed by atoms with E-state index < -0.39 is 0 Å². The van der Waals surface area contributed by atoms with E-state index in [1.807, 2.05) is 4.90 Å². The number of piperazine rings is 1. The van der Waals surface area contributed by atoms with Crippen LogP contribution in [0.1, 0.15) is 17.3 Å². The van der Waals surface area contributed by atoms with Crippen LogP contribution >= 0.6 is 15.9 Å².